The van der Waals surface area contributed by atoms with Gasteiger partial charge in [-0.25, -0.2) is 9.37 Å². The van der Waals surface area contributed by atoms with E-state index in [-0.39, 0.29) is 29.8 Å². The molecule has 158 valence electrons. The lowest BCUT2D eigenvalue weighted by Gasteiger charge is -2.37. The number of halogens is 2. The zero-order valence-corrected chi connectivity index (χ0v) is 19.1. The largest absolute Gasteiger partial charge is 0.366 e. The number of nitrogens with one attached hydrogen (secondary N) is 2. The van der Waals surface area contributed by atoms with E-state index in [2.05, 4.69) is 47.4 Å². The maximum absolute atomic E-state index is 14.0. The summed E-state index contributed by atoms with van der Waals surface area (Å²) in [5.41, 5.74) is 2.79. The van der Waals surface area contributed by atoms with Crippen LogP contribution in [0.2, 0.25) is 0 Å². The summed E-state index contributed by atoms with van der Waals surface area (Å²) in [7, 11) is 1.79. The molecule has 9 heteroatoms. The van der Waals surface area contributed by atoms with Crippen LogP contribution >= 0.6 is 24.0 Å². The first-order valence-electron chi connectivity index (χ1n) is 9.64. The first-order valence-corrected chi connectivity index (χ1v) is 9.64. The van der Waals surface area contributed by atoms with Gasteiger partial charge in [-0.3, -0.25) is 10.1 Å². The fraction of sp³-hybridized carbons (Fsp3) is 0.286. The average molecular weight is 521 g/mol. The zero-order valence-electron chi connectivity index (χ0n) is 16.8. The summed E-state index contributed by atoms with van der Waals surface area (Å²) in [5.74, 6) is 1.43. The Morgan fingerprint density at radius 2 is 1.93 bits per heavy atom. The highest BCUT2D eigenvalue weighted by Gasteiger charge is 2.21. The van der Waals surface area contributed by atoms with Crippen molar-refractivity contribution in [2.75, 3.05) is 38.1 Å². The molecule has 0 atom stereocenters. The van der Waals surface area contributed by atoms with E-state index in [0.717, 1.165) is 49.1 Å². The fourth-order valence-corrected chi connectivity index (χ4v) is 3.55. The molecule has 1 fully saturated rings. The Bertz CT molecular complexity index is 969. The number of nitrogens with zero attached hydrogens (tertiary/aromatic N) is 5. The number of hydrogen-bond acceptors (Lipinski definition) is 4. The van der Waals surface area contributed by atoms with E-state index in [9.17, 15) is 4.39 Å². The maximum Gasteiger partial charge on any atom is 0.194 e. The number of aliphatic imine (C=N–C) groups is 1. The van der Waals surface area contributed by atoms with Gasteiger partial charge < -0.3 is 15.1 Å². The van der Waals surface area contributed by atoms with Crippen LogP contribution in [0.25, 0.3) is 11.4 Å². The molecule has 0 radical (unpaired) electrons. The van der Waals surface area contributed by atoms with Gasteiger partial charge >= 0.3 is 0 Å². The van der Waals surface area contributed by atoms with Crippen LogP contribution in [0.3, 0.4) is 0 Å². The smallest absolute Gasteiger partial charge is 0.194 e. The van der Waals surface area contributed by atoms with Gasteiger partial charge in [0.2, 0.25) is 0 Å². The lowest BCUT2D eigenvalue weighted by atomic mass is 10.1. The Balaban J connectivity index is 0.00000256. The van der Waals surface area contributed by atoms with E-state index in [1.165, 1.54) is 12.4 Å². The van der Waals surface area contributed by atoms with Crippen molar-refractivity contribution in [3.63, 3.8) is 0 Å². The standard InChI is InChI=1S/C21H24FN7.HI/c1-23-21(24-14-16-5-4-6-17(13-16)20-25-15-26-27-20)29-11-9-28(10-12-29)19-8-3-2-7-18(19)22;/h2-8,13,15H,9-12,14H2,1H3,(H,23,24)(H,25,26,27);1H. The molecular weight excluding hydrogens is 496 g/mol. The molecule has 3 aromatic rings. The topological polar surface area (TPSA) is 72.4 Å². The highest BCUT2D eigenvalue weighted by atomic mass is 127. The number of benzene rings is 2. The Morgan fingerprint density at radius 1 is 1.13 bits per heavy atom. The second kappa shape index (κ2) is 10.4. The van der Waals surface area contributed by atoms with Crippen molar-refractivity contribution in [3.05, 3.63) is 66.2 Å². The summed E-state index contributed by atoms with van der Waals surface area (Å²) < 4.78 is 14.0. The fourth-order valence-electron chi connectivity index (χ4n) is 3.55. The third kappa shape index (κ3) is 5.07. The molecule has 0 unspecified atom stereocenters. The Morgan fingerprint density at radius 3 is 2.63 bits per heavy atom. The molecule has 2 N–H and O–H groups in total. The predicted molar refractivity (Wildman–Crippen MR) is 128 cm³/mol. The van der Waals surface area contributed by atoms with Crippen LogP contribution in [-0.2, 0) is 6.54 Å². The molecule has 0 bridgehead atoms. The monoisotopic (exact) mass is 521 g/mol. The van der Waals surface area contributed by atoms with Crippen LogP contribution < -0.4 is 10.2 Å². The number of hydrogen-bond donors (Lipinski definition) is 2. The molecule has 30 heavy (non-hydrogen) atoms. The SMILES string of the molecule is CN=C(NCc1cccc(-c2ncn[nH]2)c1)N1CCN(c2ccccc2F)CC1.I. The highest BCUT2D eigenvalue weighted by Crippen LogP contribution is 2.20. The second-order valence-corrected chi connectivity index (χ2v) is 6.86. The van der Waals surface area contributed by atoms with E-state index in [1.807, 2.05) is 24.3 Å². The van der Waals surface area contributed by atoms with Crippen LogP contribution in [0.15, 0.2) is 59.9 Å². The minimum Gasteiger partial charge on any atom is -0.366 e. The van der Waals surface area contributed by atoms with Crippen LogP contribution in [-0.4, -0.2) is 59.3 Å². The summed E-state index contributed by atoms with van der Waals surface area (Å²) in [6.07, 6.45) is 1.50. The summed E-state index contributed by atoms with van der Waals surface area (Å²) >= 11 is 0. The van der Waals surface area contributed by atoms with Crippen LogP contribution in [0, 0.1) is 5.82 Å². The Kier molecular flexibility index (Phi) is 7.61. The minimum absolute atomic E-state index is 0. The number of anilines is 1. The van der Waals surface area contributed by atoms with Gasteiger partial charge in [0.05, 0.1) is 5.69 Å². The molecule has 4 rings (SSSR count). The Labute approximate surface area is 192 Å². The quantitative estimate of drug-likeness (QED) is 0.314. The molecule has 2 heterocycles. The van der Waals surface area contributed by atoms with Crippen molar-refractivity contribution < 1.29 is 4.39 Å². The molecule has 0 aliphatic carbocycles. The number of aromatic amines is 1. The van der Waals surface area contributed by atoms with Gasteiger partial charge in [-0.1, -0.05) is 30.3 Å². The van der Waals surface area contributed by atoms with E-state index < -0.39 is 0 Å². The third-order valence-corrected chi connectivity index (χ3v) is 5.05. The van der Waals surface area contributed by atoms with Crippen molar-refractivity contribution in [3.8, 4) is 11.4 Å². The van der Waals surface area contributed by atoms with Gasteiger partial charge in [-0.05, 0) is 23.8 Å². The number of H-pyrrole nitrogens is 1. The minimum atomic E-state index is -0.171. The molecule has 0 amide bonds. The van der Waals surface area contributed by atoms with Crippen molar-refractivity contribution in [2.24, 2.45) is 4.99 Å². The number of aromatic nitrogens is 3. The molecule has 1 aromatic heterocycles. The number of piperazine rings is 1. The lowest BCUT2D eigenvalue weighted by molar-refractivity contribution is 0.370. The van der Waals surface area contributed by atoms with Crippen molar-refractivity contribution in [1.82, 2.24) is 25.4 Å². The molecule has 2 aromatic carbocycles. The van der Waals surface area contributed by atoms with Gasteiger partial charge in [0.15, 0.2) is 11.8 Å². The molecular formula is C21H25FIN7. The van der Waals surface area contributed by atoms with Gasteiger partial charge in [0.1, 0.15) is 12.1 Å². The maximum atomic E-state index is 14.0. The number of guanidine groups is 1. The van der Waals surface area contributed by atoms with E-state index >= 15 is 0 Å². The number of rotatable bonds is 4. The Hall–Kier alpha value is -2.69. The van der Waals surface area contributed by atoms with Gasteiger partial charge in [0, 0.05) is 45.3 Å². The van der Waals surface area contributed by atoms with Crippen LogP contribution in [0.1, 0.15) is 5.56 Å². The lowest BCUT2D eigenvalue weighted by Crippen LogP contribution is -2.52. The molecule has 1 aliphatic rings. The molecule has 0 saturated carbocycles. The van der Waals surface area contributed by atoms with Crippen LogP contribution in [0.4, 0.5) is 10.1 Å². The summed E-state index contributed by atoms with van der Waals surface area (Å²) in [5, 5.41) is 10.2. The number of para-hydroxylation sites is 1. The normalized spacial score (nSPS) is 14.4. The summed E-state index contributed by atoms with van der Waals surface area (Å²) in [4.78, 5) is 12.9. The van der Waals surface area contributed by atoms with E-state index in [0.29, 0.717) is 12.2 Å². The van der Waals surface area contributed by atoms with Gasteiger partial charge in [-0.15, -0.1) is 24.0 Å². The first-order chi connectivity index (χ1) is 14.2. The van der Waals surface area contributed by atoms with Crippen LogP contribution in [0.5, 0.6) is 0 Å². The average Bonchev–Trinajstić information content (AvgIpc) is 3.30. The third-order valence-electron chi connectivity index (χ3n) is 5.05. The van der Waals surface area contributed by atoms with E-state index in [4.69, 9.17) is 0 Å². The van der Waals surface area contributed by atoms with Crippen molar-refractivity contribution in [1.29, 1.82) is 0 Å². The highest BCUT2D eigenvalue weighted by molar-refractivity contribution is 14.0. The van der Waals surface area contributed by atoms with Crippen molar-refractivity contribution >= 4 is 35.6 Å². The second-order valence-electron chi connectivity index (χ2n) is 6.86. The molecule has 7 nitrogen and oxygen atoms in total. The van der Waals surface area contributed by atoms with Gasteiger partial charge in [-0.2, -0.15) is 5.10 Å². The molecule has 0 spiro atoms. The zero-order chi connectivity index (χ0) is 20.1. The predicted octanol–water partition coefficient (Wildman–Crippen LogP) is 3.13. The van der Waals surface area contributed by atoms with Crippen molar-refractivity contribution in [2.45, 2.75) is 6.54 Å². The molecule has 1 saturated heterocycles. The molecule has 1 aliphatic heterocycles. The summed E-state index contributed by atoms with van der Waals surface area (Å²) in [6.45, 7) is 3.73. The first kappa shape index (κ1) is 22.0. The van der Waals surface area contributed by atoms with Gasteiger partial charge in [0.25, 0.3) is 0 Å². The van der Waals surface area contributed by atoms with E-state index in [1.54, 1.807) is 13.1 Å². The summed E-state index contributed by atoms with van der Waals surface area (Å²) in [6, 6.07) is 15.1.